The van der Waals surface area contributed by atoms with E-state index in [1.165, 1.54) is 28.0 Å². The van der Waals surface area contributed by atoms with E-state index in [0.717, 1.165) is 30.7 Å². The summed E-state index contributed by atoms with van der Waals surface area (Å²) in [6, 6.07) is 0.299. The second kappa shape index (κ2) is 4.47. The predicted octanol–water partition coefficient (Wildman–Crippen LogP) is 4.35. The summed E-state index contributed by atoms with van der Waals surface area (Å²) in [5.41, 5.74) is 6.73. The van der Waals surface area contributed by atoms with E-state index < -0.39 is 0 Å². The van der Waals surface area contributed by atoms with Crippen LogP contribution in [0, 0.1) is 0 Å². The third-order valence-electron chi connectivity index (χ3n) is 4.04. The fourth-order valence-corrected chi connectivity index (χ4v) is 3.26. The van der Waals surface area contributed by atoms with Crippen molar-refractivity contribution in [2.45, 2.75) is 38.6 Å². The van der Waals surface area contributed by atoms with Gasteiger partial charge < -0.3 is 5.32 Å². The van der Waals surface area contributed by atoms with E-state index in [1.807, 2.05) is 0 Å². The smallest absolute Gasteiger partial charge is 0.0724 e. The lowest BCUT2D eigenvalue weighted by atomic mass is 9.88. The first-order valence-electron chi connectivity index (χ1n) is 6.56. The van der Waals surface area contributed by atoms with Crippen LogP contribution in [0.15, 0.2) is 57.8 Å². The molecule has 1 atom stereocenters. The third-order valence-corrected chi connectivity index (χ3v) is 4.34. The summed E-state index contributed by atoms with van der Waals surface area (Å²) in [7, 11) is 0. The SMILES string of the molecule is C=C1C2=C(C=C(Cl)CC2)CCC2=CC=C(C)NC12. The highest BCUT2D eigenvalue weighted by Crippen LogP contribution is 2.39. The highest BCUT2D eigenvalue weighted by atomic mass is 35.5. The largest absolute Gasteiger partial charge is 0.378 e. The molecule has 0 spiro atoms. The zero-order valence-electron chi connectivity index (χ0n) is 10.7. The molecule has 2 heteroatoms. The Morgan fingerprint density at radius 3 is 2.89 bits per heavy atom. The molecule has 1 unspecified atom stereocenters. The van der Waals surface area contributed by atoms with Gasteiger partial charge in [-0.2, -0.15) is 0 Å². The highest BCUT2D eigenvalue weighted by Gasteiger charge is 2.28. The van der Waals surface area contributed by atoms with Gasteiger partial charge in [-0.05, 0) is 67.1 Å². The zero-order valence-corrected chi connectivity index (χ0v) is 11.5. The van der Waals surface area contributed by atoms with E-state index in [-0.39, 0.29) is 0 Å². The van der Waals surface area contributed by atoms with Crippen molar-refractivity contribution in [1.82, 2.24) is 5.32 Å². The maximum atomic E-state index is 6.17. The lowest BCUT2D eigenvalue weighted by Gasteiger charge is -2.28. The maximum absolute atomic E-state index is 6.17. The first kappa shape index (κ1) is 11.9. The Morgan fingerprint density at radius 1 is 1.22 bits per heavy atom. The van der Waals surface area contributed by atoms with Crippen molar-refractivity contribution < 1.29 is 0 Å². The average Bonchev–Trinajstić information content (AvgIpc) is 2.48. The molecule has 18 heavy (non-hydrogen) atoms. The van der Waals surface area contributed by atoms with Gasteiger partial charge in [0.1, 0.15) is 0 Å². The zero-order chi connectivity index (χ0) is 12.7. The van der Waals surface area contributed by atoms with Gasteiger partial charge in [-0.1, -0.05) is 24.3 Å². The minimum Gasteiger partial charge on any atom is -0.378 e. The van der Waals surface area contributed by atoms with E-state index in [9.17, 15) is 0 Å². The van der Waals surface area contributed by atoms with Crippen LogP contribution >= 0.6 is 11.6 Å². The molecule has 0 saturated heterocycles. The second-order valence-corrected chi connectivity index (χ2v) is 5.77. The molecule has 2 aliphatic carbocycles. The lowest BCUT2D eigenvalue weighted by molar-refractivity contribution is 0.685. The average molecular weight is 260 g/mol. The molecule has 1 N–H and O–H groups in total. The first-order valence-corrected chi connectivity index (χ1v) is 6.94. The van der Waals surface area contributed by atoms with E-state index in [0.29, 0.717) is 6.04 Å². The Bertz CT molecular complexity index is 531. The van der Waals surface area contributed by atoms with Crippen molar-refractivity contribution in [2.75, 3.05) is 0 Å². The van der Waals surface area contributed by atoms with Crippen LogP contribution in [-0.4, -0.2) is 6.04 Å². The Morgan fingerprint density at radius 2 is 2.06 bits per heavy atom. The summed E-state index contributed by atoms with van der Waals surface area (Å²) in [6.45, 7) is 6.45. The minimum absolute atomic E-state index is 0.299. The van der Waals surface area contributed by atoms with Crippen molar-refractivity contribution in [2.24, 2.45) is 0 Å². The molecule has 0 bridgehead atoms. The molecule has 1 heterocycles. The number of nitrogens with one attached hydrogen (secondary N) is 1. The van der Waals surface area contributed by atoms with Crippen molar-refractivity contribution >= 4 is 11.6 Å². The van der Waals surface area contributed by atoms with E-state index in [2.05, 4.69) is 37.0 Å². The normalized spacial score (nSPS) is 27.3. The number of hydrogen-bond donors (Lipinski definition) is 1. The van der Waals surface area contributed by atoms with Gasteiger partial charge in [0.2, 0.25) is 0 Å². The number of rotatable bonds is 0. The van der Waals surface area contributed by atoms with Gasteiger partial charge in [-0.3, -0.25) is 0 Å². The van der Waals surface area contributed by atoms with Crippen LogP contribution in [0.25, 0.3) is 0 Å². The van der Waals surface area contributed by atoms with Crippen LogP contribution in [0.3, 0.4) is 0 Å². The fraction of sp³-hybridized carbons (Fsp3) is 0.375. The molecular weight excluding hydrogens is 242 g/mol. The number of fused-ring (bicyclic) bond motifs is 1. The summed E-state index contributed by atoms with van der Waals surface area (Å²) in [6.07, 6.45) is 10.8. The molecule has 1 aliphatic heterocycles. The molecule has 0 saturated carbocycles. The van der Waals surface area contributed by atoms with Crippen LogP contribution in [0.4, 0.5) is 0 Å². The van der Waals surface area contributed by atoms with Crippen molar-refractivity contribution in [1.29, 1.82) is 0 Å². The summed E-state index contributed by atoms with van der Waals surface area (Å²) in [5, 5.41) is 4.55. The molecule has 0 aromatic rings. The Balaban J connectivity index is 1.99. The number of dihydropyridines is 1. The quantitative estimate of drug-likeness (QED) is 0.682. The van der Waals surface area contributed by atoms with Crippen LogP contribution in [0.2, 0.25) is 0 Å². The molecule has 0 fully saturated rings. The van der Waals surface area contributed by atoms with Crippen molar-refractivity contribution in [3.05, 3.63) is 57.8 Å². The Labute approximate surface area is 114 Å². The van der Waals surface area contributed by atoms with Crippen molar-refractivity contribution in [3.63, 3.8) is 0 Å². The standard InChI is InChI=1S/C16H18ClN/c1-10-3-4-12-5-6-13-9-14(17)7-8-15(13)11(2)16(12)18-10/h3-4,9,16,18H,2,5-8H2,1H3. The Hall–Kier alpha value is -1.21. The first-order chi connectivity index (χ1) is 8.65. The van der Waals surface area contributed by atoms with Crippen LogP contribution < -0.4 is 5.32 Å². The maximum Gasteiger partial charge on any atom is 0.0724 e. The number of halogens is 1. The van der Waals surface area contributed by atoms with E-state index >= 15 is 0 Å². The summed E-state index contributed by atoms with van der Waals surface area (Å²) in [5.74, 6) is 0. The second-order valence-electron chi connectivity index (χ2n) is 5.29. The van der Waals surface area contributed by atoms with Gasteiger partial charge in [0, 0.05) is 10.7 Å². The fourth-order valence-electron chi connectivity index (χ4n) is 3.03. The topological polar surface area (TPSA) is 12.0 Å². The van der Waals surface area contributed by atoms with Gasteiger partial charge in [-0.25, -0.2) is 0 Å². The van der Waals surface area contributed by atoms with Gasteiger partial charge in [0.25, 0.3) is 0 Å². The monoisotopic (exact) mass is 259 g/mol. The van der Waals surface area contributed by atoms with E-state index in [1.54, 1.807) is 0 Å². The molecule has 94 valence electrons. The van der Waals surface area contributed by atoms with E-state index in [4.69, 9.17) is 11.6 Å². The summed E-state index contributed by atoms with van der Waals surface area (Å²) in [4.78, 5) is 0. The molecule has 0 amide bonds. The molecule has 0 aromatic carbocycles. The number of hydrogen-bond acceptors (Lipinski definition) is 1. The molecule has 0 aromatic heterocycles. The predicted molar refractivity (Wildman–Crippen MR) is 77.3 cm³/mol. The molecule has 1 nitrogen and oxygen atoms in total. The Kier molecular flexibility index (Phi) is 2.95. The van der Waals surface area contributed by atoms with Gasteiger partial charge in [0.05, 0.1) is 6.04 Å². The van der Waals surface area contributed by atoms with Gasteiger partial charge >= 0.3 is 0 Å². The van der Waals surface area contributed by atoms with Crippen LogP contribution in [0.1, 0.15) is 32.6 Å². The molecule has 3 rings (SSSR count). The molecule has 0 radical (unpaired) electrons. The van der Waals surface area contributed by atoms with Crippen LogP contribution in [0.5, 0.6) is 0 Å². The third kappa shape index (κ3) is 1.97. The van der Waals surface area contributed by atoms with Gasteiger partial charge in [-0.15, -0.1) is 0 Å². The minimum atomic E-state index is 0.299. The molecular formula is C16H18ClN. The summed E-state index contributed by atoms with van der Waals surface area (Å²) >= 11 is 6.17. The number of allylic oxidation sites excluding steroid dienone is 6. The molecule has 3 aliphatic rings. The highest BCUT2D eigenvalue weighted by molar-refractivity contribution is 6.29. The van der Waals surface area contributed by atoms with Crippen LogP contribution in [-0.2, 0) is 0 Å². The van der Waals surface area contributed by atoms with Gasteiger partial charge in [0.15, 0.2) is 0 Å². The van der Waals surface area contributed by atoms with Crippen molar-refractivity contribution in [3.8, 4) is 0 Å². The lowest BCUT2D eigenvalue weighted by Crippen LogP contribution is -2.33. The summed E-state index contributed by atoms with van der Waals surface area (Å²) < 4.78 is 0.